The predicted molar refractivity (Wildman–Crippen MR) is 99.4 cm³/mol. The van der Waals surface area contributed by atoms with Crippen LogP contribution in [0.25, 0.3) is 0 Å². The molecule has 0 saturated carbocycles. The molecule has 26 heavy (non-hydrogen) atoms. The van der Waals surface area contributed by atoms with E-state index in [4.69, 9.17) is 4.74 Å². The summed E-state index contributed by atoms with van der Waals surface area (Å²) in [5.41, 5.74) is 1.07. The van der Waals surface area contributed by atoms with Crippen molar-refractivity contribution in [2.45, 2.75) is 52.0 Å². The van der Waals surface area contributed by atoms with Crippen LogP contribution >= 0.6 is 0 Å². The zero-order valence-electron chi connectivity index (χ0n) is 15.8. The molecule has 142 valence electrons. The average Bonchev–Trinajstić information content (AvgIpc) is 2.86. The first-order chi connectivity index (χ1) is 12.5. The second kappa shape index (κ2) is 9.48. The molecule has 1 aromatic carbocycles. The summed E-state index contributed by atoms with van der Waals surface area (Å²) in [5, 5.41) is 2.96. The monoisotopic (exact) mass is 360 g/mol. The molecule has 6 nitrogen and oxygen atoms in total. The summed E-state index contributed by atoms with van der Waals surface area (Å²) in [4.78, 5) is 38.5. The van der Waals surface area contributed by atoms with Gasteiger partial charge in [0.2, 0.25) is 0 Å². The maximum atomic E-state index is 12.5. The van der Waals surface area contributed by atoms with Crippen molar-refractivity contribution in [1.29, 1.82) is 0 Å². The van der Waals surface area contributed by atoms with E-state index in [0.29, 0.717) is 36.3 Å². The Balaban J connectivity index is 2.04. The molecule has 0 aromatic heterocycles. The van der Waals surface area contributed by atoms with Gasteiger partial charge in [0.05, 0.1) is 11.1 Å². The third-order valence-electron chi connectivity index (χ3n) is 4.58. The fraction of sp³-hybridized carbons (Fsp3) is 0.550. The van der Waals surface area contributed by atoms with Crippen molar-refractivity contribution in [3.05, 3.63) is 34.9 Å². The summed E-state index contributed by atoms with van der Waals surface area (Å²) in [6.45, 7) is 4.92. The van der Waals surface area contributed by atoms with Crippen molar-refractivity contribution in [2.24, 2.45) is 0 Å². The number of rotatable bonds is 10. The van der Waals surface area contributed by atoms with Crippen LogP contribution in [0.1, 0.15) is 77.0 Å². The molecule has 6 heteroatoms. The molecule has 1 aromatic rings. The van der Waals surface area contributed by atoms with Crippen molar-refractivity contribution in [3.63, 3.8) is 0 Å². The highest BCUT2D eigenvalue weighted by Crippen LogP contribution is 2.24. The first-order valence-corrected chi connectivity index (χ1v) is 9.29. The highest BCUT2D eigenvalue weighted by Gasteiger charge is 2.35. The molecule has 0 saturated heterocycles. The van der Waals surface area contributed by atoms with Gasteiger partial charge in [-0.15, -0.1) is 0 Å². The normalized spacial score (nSPS) is 14.5. The minimum Gasteiger partial charge on any atom is -0.385 e. The highest BCUT2D eigenvalue weighted by atomic mass is 16.5. The van der Waals surface area contributed by atoms with Crippen molar-refractivity contribution in [2.75, 3.05) is 20.3 Å². The first kappa shape index (κ1) is 20.1. The van der Waals surface area contributed by atoms with Gasteiger partial charge in [0.1, 0.15) is 0 Å². The second-order valence-corrected chi connectivity index (χ2v) is 6.74. The Labute approximate surface area is 154 Å². The fourth-order valence-corrected chi connectivity index (χ4v) is 3.08. The largest absolute Gasteiger partial charge is 0.385 e. The third-order valence-corrected chi connectivity index (χ3v) is 4.58. The molecule has 0 bridgehead atoms. The van der Waals surface area contributed by atoms with E-state index in [9.17, 15) is 14.4 Å². The molecule has 2 rings (SSSR count). The van der Waals surface area contributed by atoms with Gasteiger partial charge in [0, 0.05) is 31.9 Å². The number of amides is 3. The Kier molecular flexibility index (Phi) is 7.33. The SMILES string of the molecule is CCCCC[C@H](C)NC(=O)c1ccc2c(c1)C(=O)N(CCCOC)C2=O. The topological polar surface area (TPSA) is 75.7 Å². The number of unbranched alkanes of at least 4 members (excludes halogenated alkanes) is 2. The van der Waals surface area contributed by atoms with Crippen molar-refractivity contribution >= 4 is 17.7 Å². The zero-order chi connectivity index (χ0) is 19.1. The number of ether oxygens (including phenoxy) is 1. The number of nitrogens with one attached hydrogen (secondary N) is 1. The average molecular weight is 360 g/mol. The summed E-state index contributed by atoms with van der Waals surface area (Å²) in [7, 11) is 1.58. The summed E-state index contributed by atoms with van der Waals surface area (Å²) >= 11 is 0. The van der Waals surface area contributed by atoms with E-state index in [1.165, 1.54) is 11.0 Å². The van der Waals surface area contributed by atoms with Gasteiger partial charge in [0.25, 0.3) is 17.7 Å². The number of fused-ring (bicyclic) bond motifs is 1. The standard InChI is InChI=1S/C20H28N2O4/c1-4-5-6-8-14(2)21-18(23)15-9-10-16-17(13-15)20(25)22(19(16)24)11-7-12-26-3/h9-10,13-14H,4-8,11-12H2,1-3H3,(H,21,23)/t14-/m0/s1. The van der Waals surface area contributed by atoms with Gasteiger partial charge in [0.15, 0.2) is 0 Å². The number of imide groups is 1. The molecule has 0 aliphatic carbocycles. The van der Waals surface area contributed by atoms with E-state index >= 15 is 0 Å². The van der Waals surface area contributed by atoms with Crippen LogP contribution in [0.2, 0.25) is 0 Å². The van der Waals surface area contributed by atoms with Gasteiger partial charge in [-0.3, -0.25) is 19.3 Å². The molecule has 1 N–H and O–H groups in total. The summed E-state index contributed by atoms with van der Waals surface area (Å²) in [5.74, 6) is -0.859. The lowest BCUT2D eigenvalue weighted by Crippen LogP contribution is -2.32. The Hall–Kier alpha value is -2.21. The van der Waals surface area contributed by atoms with E-state index in [1.54, 1.807) is 19.2 Å². The molecular weight excluding hydrogens is 332 g/mol. The quantitative estimate of drug-likeness (QED) is 0.514. The third kappa shape index (κ3) is 4.69. The van der Waals surface area contributed by atoms with Crippen LogP contribution in [0.15, 0.2) is 18.2 Å². The molecule has 1 aliphatic rings. The van der Waals surface area contributed by atoms with Gasteiger partial charge in [-0.1, -0.05) is 26.2 Å². The summed E-state index contributed by atoms with van der Waals surface area (Å²) < 4.78 is 4.97. The van der Waals surface area contributed by atoms with E-state index in [2.05, 4.69) is 12.2 Å². The number of benzene rings is 1. The maximum absolute atomic E-state index is 12.5. The number of nitrogens with zero attached hydrogens (tertiary/aromatic N) is 1. The number of hydrogen-bond acceptors (Lipinski definition) is 4. The van der Waals surface area contributed by atoms with Gasteiger partial charge in [-0.25, -0.2) is 0 Å². The van der Waals surface area contributed by atoms with Crippen molar-refractivity contribution in [1.82, 2.24) is 10.2 Å². The molecule has 0 spiro atoms. The first-order valence-electron chi connectivity index (χ1n) is 9.29. The van der Waals surface area contributed by atoms with E-state index in [-0.39, 0.29) is 23.8 Å². The van der Waals surface area contributed by atoms with E-state index in [1.807, 2.05) is 6.92 Å². The van der Waals surface area contributed by atoms with Crippen LogP contribution in [0, 0.1) is 0 Å². The molecule has 1 atom stereocenters. The van der Waals surface area contributed by atoms with Crippen LogP contribution in [0.5, 0.6) is 0 Å². The Bertz CT molecular complexity index is 672. The molecule has 1 heterocycles. The predicted octanol–water partition coefficient (Wildman–Crippen LogP) is 3.02. The van der Waals surface area contributed by atoms with Crippen LogP contribution in [0.3, 0.4) is 0 Å². The minimum absolute atomic E-state index is 0.0742. The number of carbonyl (C=O) groups is 3. The smallest absolute Gasteiger partial charge is 0.261 e. The van der Waals surface area contributed by atoms with Gasteiger partial charge in [-0.2, -0.15) is 0 Å². The molecular formula is C20H28N2O4. The van der Waals surface area contributed by atoms with Crippen molar-refractivity contribution in [3.8, 4) is 0 Å². The fourth-order valence-electron chi connectivity index (χ4n) is 3.08. The second-order valence-electron chi connectivity index (χ2n) is 6.74. The van der Waals surface area contributed by atoms with E-state index < -0.39 is 0 Å². The van der Waals surface area contributed by atoms with Crippen LogP contribution < -0.4 is 5.32 Å². The van der Waals surface area contributed by atoms with Crippen LogP contribution in [-0.2, 0) is 4.74 Å². The zero-order valence-corrected chi connectivity index (χ0v) is 15.8. The number of hydrogen-bond donors (Lipinski definition) is 1. The molecule has 0 unspecified atom stereocenters. The van der Waals surface area contributed by atoms with Crippen LogP contribution in [-0.4, -0.2) is 48.9 Å². The van der Waals surface area contributed by atoms with Gasteiger partial charge >= 0.3 is 0 Å². The maximum Gasteiger partial charge on any atom is 0.261 e. The lowest BCUT2D eigenvalue weighted by molar-refractivity contribution is 0.0638. The number of carbonyl (C=O) groups excluding carboxylic acids is 3. The molecule has 0 fully saturated rings. The highest BCUT2D eigenvalue weighted by molar-refractivity contribution is 6.22. The Morgan fingerprint density at radius 3 is 2.58 bits per heavy atom. The Morgan fingerprint density at radius 1 is 1.15 bits per heavy atom. The molecule has 0 radical (unpaired) electrons. The van der Waals surface area contributed by atoms with E-state index in [0.717, 1.165) is 25.7 Å². The van der Waals surface area contributed by atoms with Gasteiger partial charge < -0.3 is 10.1 Å². The lowest BCUT2D eigenvalue weighted by Gasteiger charge is -2.14. The van der Waals surface area contributed by atoms with Crippen LogP contribution in [0.4, 0.5) is 0 Å². The molecule has 1 aliphatic heterocycles. The minimum atomic E-state index is -0.341. The van der Waals surface area contributed by atoms with Gasteiger partial charge in [-0.05, 0) is 38.0 Å². The Morgan fingerprint density at radius 2 is 1.88 bits per heavy atom. The molecule has 3 amide bonds. The summed E-state index contributed by atoms with van der Waals surface area (Å²) in [6, 6.07) is 4.78. The summed E-state index contributed by atoms with van der Waals surface area (Å²) in [6.07, 6.45) is 4.88. The number of methoxy groups -OCH3 is 1. The van der Waals surface area contributed by atoms with Crippen molar-refractivity contribution < 1.29 is 19.1 Å². The lowest BCUT2D eigenvalue weighted by atomic mass is 10.0.